The zero-order valence-electron chi connectivity index (χ0n) is 10.1. The Morgan fingerprint density at radius 3 is 2.56 bits per heavy atom. The summed E-state index contributed by atoms with van der Waals surface area (Å²) in [5, 5.41) is 13.1. The Morgan fingerprint density at radius 1 is 1.38 bits per heavy atom. The molecule has 0 aliphatic heterocycles. The van der Waals surface area contributed by atoms with Gasteiger partial charge in [-0.3, -0.25) is 0 Å². The van der Waals surface area contributed by atoms with Crippen molar-refractivity contribution in [1.82, 2.24) is 5.32 Å². The monoisotopic (exact) mass is 225 g/mol. The van der Waals surface area contributed by atoms with E-state index in [4.69, 9.17) is 0 Å². The molecule has 0 saturated heterocycles. The highest BCUT2D eigenvalue weighted by Gasteiger charge is 2.23. The molecule has 1 unspecified atom stereocenters. The van der Waals surface area contributed by atoms with E-state index in [-0.39, 0.29) is 11.7 Å². The van der Waals surface area contributed by atoms with Crippen LogP contribution >= 0.6 is 0 Å². The lowest BCUT2D eigenvalue weighted by atomic mass is 9.92. The Bertz CT molecular complexity index is 336. The summed E-state index contributed by atoms with van der Waals surface area (Å²) < 4.78 is 13.3. The van der Waals surface area contributed by atoms with Gasteiger partial charge in [-0.1, -0.05) is 32.0 Å². The zero-order chi connectivity index (χ0) is 12.2. The van der Waals surface area contributed by atoms with Crippen molar-refractivity contribution in [2.45, 2.75) is 32.9 Å². The molecule has 16 heavy (non-hydrogen) atoms. The van der Waals surface area contributed by atoms with Gasteiger partial charge in [-0.15, -0.1) is 0 Å². The summed E-state index contributed by atoms with van der Waals surface area (Å²) in [6.07, 6.45) is 0. The van der Waals surface area contributed by atoms with E-state index in [0.29, 0.717) is 18.7 Å². The van der Waals surface area contributed by atoms with E-state index in [0.717, 1.165) is 0 Å². The zero-order valence-corrected chi connectivity index (χ0v) is 10.1. The van der Waals surface area contributed by atoms with E-state index < -0.39 is 5.60 Å². The van der Waals surface area contributed by atoms with Crippen LogP contribution in [-0.2, 0) is 6.54 Å². The van der Waals surface area contributed by atoms with Gasteiger partial charge in [0.2, 0.25) is 0 Å². The van der Waals surface area contributed by atoms with Crippen LogP contribution in [0.5, 0.6) is 0 Å². The lowest BCUT2D eigenvalue weighted by Crippen LogP contribution is -2.42. The standard InChI is InChI=1S/C13H20FNO/c1-10(2)13(3,16)9-15-8-11-6-4-5-7-12(11)14/h4-7,10,15-16H,8-9H2,1-3H3. The number of hydrogen-bond donors (Lipinski definition) is 2. The molecule has 1 atom stereocenters. The van der Waals surface area contributed by atoms with Crippen molar-refractivity contribution < 1.29 is 9.50 Å². The highest BCUT2D eigenvalue weighted by atomic mass is 19.1. The van der Waals surface area contributed by atoms with Gasteiger partial charge >= 0.3 is 0 Å². The Balaban J connectivity index is 2.45. The van der Waals surface area contributed by atoms with Crippen LogP contribution in [0.1, 0.15) is 26.3 Å². The summed E-state index contributed by atoms with van der Waals surface area (Å²) >= 11 is 0. The summed E-state index contributed by atoms with van der Waals surface area (Å²) in [6, 6.07) is 6.66. The highest BCUT2D eigenvalue weighted by molar-refractivity contribution is 5.16. The Morgan fingerprint density at radius 2 is 2.00 bits per heavy atom. The van der Waals surface area contributed by atoms with Crippen LogP contribution in [0.15, 0.2) is 24.3 Å². The third-order valence-corrected chi connectivity index (χ3v) is 3.00. The summed E-state index contributed by atoms with van der Waals surface area (Å²) in [7, 11) is 0. The smallest absolute Gasteiger partial charge is 0.127 e. The minimum atomic E-state index is -0.759. The molecule has 0 heterocycles. The van der Waals surface area contributed by atoms with E-state index in [1.54, 1.807) is 25.1 Å². The van der Waals surface area contributed by atoms with Crippen molar-refractivity contribution in [2.24, 2.45) is 5.92 Å². The second-order valence-corrected chi connectivity index (χ2v) is 4.71. The van der Waals surface area contributed by atoms with Gasteiger partial charge in [0.25, 0.3) is 0 Å². The molecule has 0 amide bonds. The van der Waals surface area contributed by atoms with E-state index in [9.17, 15) is 9.50 Å². The molecule has 0 aliphatic carbocycles. The van der Waals surface area contributed by atoms with Gasteiger partial charge in [-0.25, -0.2) is 4.39 Å². The first-order valence-electron chi connectivity index (χ1n) is 5.60. The fraction of sp³-hybridized carbons (Fsp3) is 0.538. The maximum atomic E-state index is 13.3. The minimum absolute atomic E-state index is 0.167. The molecule has 90 valence electrons. The molecule has 0 fully saturated rings. The first-order chi connectivity index (χ1) is 7.43. The molecular weight excluding hydrogens is 205 g/mol. The first-order valence-corrected chi connectivity index (χ1v) is 5.60. The van der Waals surface area contributed by atoms with Gasteiger partial charge in [0.1, 0.15) is 5.82 Å². The molecule has 2 nitrogen and oxygen atoms in total. The fourth-order valence-electron chi connectivity index (χ4n) is 1.30. The number of hydrogen-bond acceptors (Lipinski definition) is 2. The molecule has 1 aromatic rings. The number of aliphatic hydroxyl groups is 1. The highest BCUT2D eigenvalue weighted by Crippen LogP contribution is 2.15. The lowest BCUT2D eigenvalue weighted by Gasteiger charge is -2.28. The Kier molecular flexibility index (Phi) is 4.44. The van der Waals surface area contributed by atoms with Gasteiger partial charge in [0.15, 0.2) is 0 Å². The van der Waals surface area contributed by atoms with Crippen LogP contribution in [0.3, 0.4) is 0 Å². The molecule has 1 rings (SSSR count). The van der Waals surface area contributed by atoms with Gasteiger partial charge in [-0.05, 0) is 18.9 Å². The lowest BCUT2D eigenvalue weighted by molar-refractivity contribution is 0.0139. The van der Waals surface area contributed by atoms with Crippen molar-refractivity contribution in [1.29, 1.82) is 0 Å². The number of rotatable bonds is 5. The number of halogens is 1. The van der Waals surface area contributed by atoms with Crippen molar-refractivity contribution in [3.8, 4) is 0 Å². The molecule has 1 aromatic carbocycles. The number of nitrogens with one attached hydrogen (secondary N) is 1. The molecule has 0 aromatic heterocycles. The summed E-state index contributed by atoms with van der Waals surface area (Å²) in [5.41, 5.74) is -0.132. The maximum absolute atomic E-state index is 13.3. The van der Waals surface area contributed by atoms with Crippen molar-refractivity contribution in [2.75, 3.05) is 6.54 Å². The topological polar surface area (TPSA) is 32.3 Å². The average Bonchev–Trinajstić information content (AvgIpc) is 2.20. The predicted octanol–water partition coefficient (Wildman–Crippen LogP) is 2.32. The van der Waals surface area contributed by atoms with Crippen LogP contribution in [0.25, 0.3) is 0 Å². The Hall–Kier alpha value is -0.930. The summed E-state index contributed by atoms with van der Waals surface area (Å²) in [6.45, 7) is 6.61. The minimum Gasteiger partial charge on any atom is -0.389 e. The van der Waals surface area contributed by atoms with Gasteiger partial charge < -0.3 is 10.4 Å². The van der Waals surface area contributed by atoms with Crippen LogP contribution in [0.2, 0.25) is 0 Å². The van der Waals surface area contributed by atoms with Gasteiger partial charge in [0, 0.05) is 18.7 Å². The number of benzene rings is 1. The van der Waals surface area contributed by atoms with Crippen molar-refractivity contribution in [3.63, 3.8) is 0 Å². The summed E-state index contributed by atoms with van der Waals surface area (Å²) in [4.78, 5) is 0. The van der Waals surface area contributed by atoms with Crippen molar-refractivity contribution >= 4 is 0 Å². The van der Waals surface area contributed by atoms with Crippen LogP contribution in [0, 0.1) is 11.7 Å². The predicted molar refractivity (Wildman–Crippen MR) is 63.6 cm³/mol. The molecule has 0 spiro atoms. The largest absolute Gasteiger partial charge is 0.389 e. The van der Waals surface area contributed by atoms with Gasteiger partial charge in [0.05, 0.1) is 5.60 Å². The normalized spacial score (nSPS) is 15.1. The van der Waals surface area contributed by atoms with Crippen molar-refractivity contribution in [3.05, 3.63) is 35.6 Å². The fourth-order valence-corrected chi connectivity index (χ4v) is 1.30. The first kappa shape index (κ1) is 13.1. The third-order valence-electron chi connectivity index (χ3n) is 3.00. The molecule has 0 aliphatic rings. The summed E-state index contributed by atoms with van der Waals surface area (Å²) in [5.74, 6) is -0.0418. The second-order valence-electron chi connectivity index (χ2n) is 4.71. The van der Waals surface area contributed by atoms with Gasteiger partial charge in [-0.2, -0.15) is 0 Å². The SMILES string of the molecule is CC(C)C(C)(O)CNCc1ccccc1F. The molecule has 3 heteroatoms. The maximum Gasteiger partial charge on any atom is 0.127 e. The molecule has 0 bridgehead atoms. The molecule has 0 radical (unpaired) electrons. The quantitative estimate of drug-likeness (QED) is 0.806. The Labute approximate surface area is 96.5 Å². The van der Waals surface area contributed by atoms with Crippen LogP contribution in [-0.4, -0.2) is 17.3 Å². The molecule has 0 saturated carbocycles. The van der Waals surface area contributed by atoms with E-state index in [2.05, 4.69) is 5.32 Å². The molecular formula is C13H20FNO. The van der Waals surface area contributed by atoms with E-state index in [1.807, 2.05) is 13.8 Å². The molecule has 2 N–H and O–H groups in total. The van der Waals surface area contributed by atoms with Crippen LogP contribution < -0.4 is 5.32 Å². The van der Waals surface area contributed by atoms with Crippen LogP contribution in [0.4, 0.5) is 4.39 Å². The van der Waals surface area contributed by atoms with E-state index >= 15 is 0 Å². The third kappa shape index (κ3) is 3.58. The second kappa shape index (κ2) is 5.41. The van der Waals surface area contributed by atoms with E-state index in [1.165, 1.54) is 6.07 Å². The average molecular weight is 225 g/mol.